The fourth-order valence-corrected chi connectivity index (χ4v) is 3.19. The Morgan fingerprint density at radius 1 is 1.17 bits per heavy atom. The lowest BCUT2D eigenvalue weighted by Gasteiger charge is -2.20. The first-order chi connectivity index (χ1) is 13.2. The Balaban J connectivity index is 0.00000300. The molecular weight excluding hydrogens is 398 g/mol. The van der Waals surface area contributed by atoms with Crippen molar-refractivity contribution in [1.82, 2.24) is 10.6 Å². The van der Waals surface area contributed by atoms with E-state index in [0.29, 0.717) is 12.0 Å². The molecule has 0 heterocycles. The minimum absolute atomic E-state index is 0. The molecule has 29 heavy (non-hydrogen) atoms. The first kappa shape index (κ1) is 23.1. The summed E-state index contributed by atoms with van der Waals surface area (Å²) in [6, 6.07) is 11.6. The molecule has 1 aliphatic carbocycles. The SMILES string of the molecule is CC(C)(C)NC(=O)CN[C@@H]1C[C@H]1c1cc(F)cc(F)c1OCc1ccccc1.Cl. The van der Waals surface area contributed by atoms with E-state index in [1.807, 2.05) is 51.1 Å². The zero-order valence-corrected chi connectivity index (χ0v) is 17.6. The van der Waals surface area contributed by atoms with Gasteiger partial charge < -0.3 is 15.4 Å². The zero-order chi connectivity index (χ0) is 20.3. The Labute approximate surface area is 176 Å². The maximum absolute atomic E-state index is 14.4. The normalized spacial score (nSPS) is 18.0. The van der Waals surface area contributed by atoms with Gasteiger partial charge in [-0.1, -0.05) is 30.3 Å². The second-order valence-corrected chi connectivity index (χ2v) is 8.21. The van der Waals surface area contributed by atoms with Crippen molar-refractivity contribution in [2.45, 2.75) is 51.3 Å². The van der Waals surface area contributed by atoms with Crippen molar-refractivity contribution in [3.8, 4) is 5.75 Å². The van der Waals surface area contributed by atoms with Crippen LogP contribution in [0.2, 0.25) is 0 Å². The number of amides is 1. The summed E-state index contributed by atoms with van der Waals surface area (Å²) < 4.78 is 33.9. The summed E-state index contributed by atoms with van der Waals surface area (Å²) in [5.74, 6) is -1.45. The number of rotatable bonds is 7. The molecule has 0 unspecified atom stereocenters. The lowest BCUT2D eigenvalue weighted by molar-refractivity contribution is -0.121. The molecule has 1 aliphatic rings. The van der Waals surface area contributed by atoms with Crippen LogP contribution in [0.15, 0.2) is 42.5 Å². The van der Waals surface area contributed by atoms with Crippen LogP contribution >= 0.6 is 12.4 Å². The van der Waals surface area contributed by atoms with E-state index in [1.54, 1.807) is 0 Å². The molecule has 2 atom stereocenters. The predicted molar refractivity (Wildman–Crippen MR) is 111 cm³/mol. The van der Waals surface area contributed by atoms with Crippen molar-refractivity contribution in [2.24, 2.45) is 0 Å². The van der Waals surface area contributed by atoms with Crippen LogP contribution in [-0.4, -0.2) is 24.0 Å². The molecule has 0 aromatic heterocycles. The maximum atomic E-state index is 14.4. The molecule has 2 aromatic rings. The van der Waals surface area contributed by atoms with E-state index in [-0.39, 0.29) is 54.7 Å². The summed E-state index contributed by atoms with van der Waals surface area (Å²) in [7, 11) is 0. The minimum atomic E-state index is -0.706. The van der Waals surface area contributed by atoms with E-state index in [9.17, 15) is 13.6 Å². The lowest BCUT2D eigenvalue weighted by atomic mass is 10.1. The molecule has 0 bridgehead atoms. The van der Waals surface area contributed by atoms with Crippen LogP contribution < -0.4 is 15.4 Å². The standard InChI is InChI=1S/C22H26F2N2O2.ClH/c1-22(2,3)26-20(27)12-25-19-11-16(19)17-9-15(23)10-18(24)21(17)28-13-14-7-5-4-6-8-14;/h4-10,16,19,25H,11-13H2,1-3H3,(H,26,27);1H/t16-,19+;/m0./s1. The van der Waals surface area contributed by atoms with Gasteiger partial charge in [0.2, 0.25) is 5.91 Å². The van der Waals surface area contributed by atoms with Gasteiger partial charge in [-0.3, -0.25) is 4.79 Å². The number of ether oxygens (including phenoxy) is 1. The molecule has 1 fully saturated rings. The average molecular weight is 425 g/mol. The van der Waals surface area contributed by atoms with Crippen molar-refractivity contribution in [3.63, 3.8) is 0 Å². The Hall–Kier alpha value is -2.18. The van der Waals surface area contributed by atoms with Crippen molar-refractivity contribution in [2.75, 3.05) is 6.54 Å². The minimum Gasteiger partial charge on any atom is -0.486 e. The van der Waals surface area contributed by atoms with Crippen LogP contribution in [0.5, 0.6) is 5.75 Å². The summed E-state index contributed by atoms with van der Waals surface area (Å²) in [5, 5.41) is 6.03. The van der Waals surface area contributed by atoms with Gasteiger partial charge in [0, 0.05) is 29.1 Å². The second kappa shape index (κ2) is 9.55. The summed E-state index contributed by atoms with van der Waals surface area (Å²) in [6.45, 7) is 6.11. The molecule has 2 aromatic carbocycles. The predicted octanol–water partition coefficient (Wildman–Crippen LogP) is 4.33. The number of carbonyl (C=O) groups excluding carboxylic acids is 1. The molecule has 0 spiro atoms. The van der Waals surface area contributed by atoms with E-state index < -0.39 is 11.6 Å². The van der Waals surface area contributed by atoms with Crippen molar-refractivity contribution in [3.05, 3.63) is 65.2 Å². The summed E-state index contributed by atoms with van der Waals surface area (Å²) in [5.41, 5.74) is 1.11. The van der Waals surface area contributed by atoms with Gasteiger partial charge in [0.05, 0.1) is 6.54 Å². The molecule has 2 N–H and O–H groups in total. The van der Waals surface area contributed by atoms with E-state index in [2.05, 4.69) is 10.6 Å². The van der Waals surface area contributed by atoms with Gasteiger partial charge in [0.25, 0.3) is 0 Å². The van der Waals surface area contributed by atoms with Crippen molar-refractivity contribution in [1.29, 1.82) is 0 Å². The fraction of sp³-hybridized carbons (Fsp3) is 0.409. The highest BCUT2D eigenvalue weighted by atomic mass is 35.5. The second-order valence-electron chi connectivity index (χ2n) is 8.21. The number of carbonyl (C=O) groups is 1. The summed E-state index contributed by atoms with van der Waals surface area (Å²) in [4.78, 5) is 12.0. The van der Waals surface area contributed by atoms with Crippen LogP contribution in [0.3, 0.4) is 0 Å². The smallest absolute Gasteiger partial charge is 0.234 e. The number of benzene rings is 2. The average Bonchev–Trinajstić information content (AvgIpc) is 3.37. The van der Waals surface area contributed by atoms with Gasteiger partial charge >= 0.3 is 0 Å². The Morgan fingerprint density at radius 3 is 2.52 bits per heavy atom. The largest absolute Gasteiger partial charge is 0.486 e. The molecule has 0 aliphatic heterocycles. The van der Waals surface area contributed by atoms with Crippen LogP contribution in [0.4, 0.5) is 8.78 Å². The third-order valence-electron chi connectivity index (χ3n) is 4.49. The summed E-state index contributed by atoms with van der Waals surface area (Å²) >= 11 is 0. The molecule has 1 saturated carbocycles. The Bertz CT molecular complexity index is 841. The fourth-order valence-electron chi connectivity index (χ4n) is 3.19. The van der Waals surface area contributed by atoms with Gasteiger partial charge in [0.1, 0.15) is 12.4 Å². The first-order valence-electron chi connectivity index (χ1n) is 9.43. The molecule has 4 nitrogen and oxygen atoms in total. The van der Waals surface area contributed by atoms with E-state index in [1.165, 1.54) is 6.07 Å². The monoisotopic (exact) mass is 424 g/mol. The van der Waals surface area contributed by atoms with Gasteiger partial charge in [0.15, 0.2) is 11.6 Å². The number of hydrogen-bond donors (Lipinski definition) is 2. The third kappa shape index (κ3) is 6.68. The molecule has 0 radical (unpaired) electrons. The molecule has 3 rings (SSSR count). The van der Waals surface area contributed by atoms with Crippen LogP contribution in [-0.2, 0) is 11.4 Å². The lowest BCUT2D eigenvalue weighted by Crippen LogP contribution is -2.45. The zero-order valence-electron chi connectivity index (χ0n) is 16.8. The van der Waals surface area contributed by atoms with Crippen molar-refractivity contribution < 1.29 is 18.3 Å². The van der Waals surface area contributed by atoms with Crippen LogP contribution in [0.25, 0.3) is 0 Å². The molecule has 158 valence electrons. The Morgan fingerprint density at radius 2 is 1.86 bits per heavy atom. The number of halogens is 3. The van der Waals surface area contributed by atoms with Gasteiger partial charge in [-0.25, -0.2) is 8.78 Å². The molecule has 0 saturated heterocycles. The first-order valence-corrected chi connectivity index (χ1v) is 9.43. The van der Waals surface area contributed by atoms with E-state index >= 15 is 0 Å². The highest BCUT2D eigenvalue weighted by molar-refractivity contribution is 5.85. The molecular formula is C22H27ClF2N2O2. The maximum Gasteiger partial charge on any atom is 0.234 e. The number of nitrogens with one attached hydrogen (secondary N) is 2. The van der Waals surface area contributed by atoms with Crippen LogP contribution in [0.1, 0.15) is 44.2 Å². The van der Waals surface area contributed by atoms with Gasteiger partial charge in [-0.15, -0.1) is 12.4 Å². The topological polar surface area (TPSA) is 50.4 Å². The summed E-state index contributed by atoms with van der Waals surface area (Å²) in [6.07, 6.45) is 0.702. The van der Waals surface area contributed by atoms with Gasteiger partial charge in [-0.2, -0.15) is 0 Å². The molecule has 7 heteroatoms. The highest BCUT2D eigenvalue weighted by Gasteiger charge is 2.41. The van der Waals surface area contributed by atoms with E-state index in [4.69, 9.17) is 4.74 Å². The Kier molecular flexibility index (Phi) is 7.60. The quantitative estimate of drug-likeness (QED) is 0.695. The van der Waals surface area contributed by atoms with Crippen molar-refractivity contribution >= 4 is 18.3 Å². The van der Waals surface area contributed by atoms with E-state index in [0.717, 1.165) is 11.6 Å². The van der Waals surface area contributed by atoms with Crippen LogP contribution in [0, 0.1) is 11.6 Å². The highest BCUT2D eigenvalue weighted by Crippen LogP contribution is 2.46. The van der Waals surface area contributed by atoms with Gasteiger partial charge in [-0.05, 0) is 38.8 Å². The molecule has 1 amide bonds. The third-order valence-corrected chi connectivity index (χ3v) is 4.49. The number of hydrogen-bond acceptors (Lipinski definition) is 3.